The molecule has 5 heteroatoms. The van der Waals surface area contributed by atoms with Crippen LogP contribution in [0.2, 0.25) is 0 Å². The van der Waals surface area contributed by atoms with Gasteiger partial charge in [-0.05, 0) is 24.8 Å². The number of carbonyl (C=O) groups is 2. The summed E-state index contributed by atoms with van der Waals surface area (Å²) in [6.07, 6.45) is 3.07. The van der Waals surface area contributed by atoms with Crippen molar-refractivity contribution in [3.63, 3.8) is 0 Å². The molecule has 0 spiro atoms. The first-order valence-corrected chi connectivity index (χ1v) is 7.99. The van der Waals surface area contributed by atoms with Gasteiger partial charge in [-0.15, -0.1) is 0 Å². The molecule has 1 fully saturated rings. The summed E-state index contributed by atoms with van der Waals surface area (Å²) in [5.74, 6) is 0.00287. The molecule has 0 aliphatic carbocycles. The molecule has 1 saturated heterocycles. The predicted molar refractivity (Wildman–Crippen MR) is 86.2 cm³/mol. The zero-order valence-corrected chi connectivity index (χ0v) is 13.0. The van der Waals surface area contributed by atoms with Gasteiger partial charge in [0.05, 0.1) is 0 Å². The third-order valence-electron chi connectivity index (χ3n) is 4.04. The van der Waals surface area contributed by atoms with Crippen molar-refractivity contribution in [3.05, 3.63) is 35.9 Å². The number of amides is 2. The van der Waals surface area contributed by atoms with Crippen LogP contribution in [0.1, 0.15) is 31.2 Å². The smallest absolute Gasteiger partial charge is 0.223 e. The average Bonchev–Trinajstić information content (AvgIpc) is 2.54. The molecule has 0 saturated carbocycles. The van der Waals surface area contributed by atoms with Crippen molar-refractivity contribution >= 4 is 11.8 Å². The van der Waals surface area contributed by atoms with Crippen LogP contribution in [0.3, 0.4) is 0 Å². The van der Waals surface area contributed by atoms with Crippen LogP contribution in [-0.2, 0) is 16.0 Å². The summed E-state index contributed by atoms with van der Waals surface area (Å²) in [6.45, 7) is 2.04. The second-order valence-electron chi connectivity index (χ2n) is 5.80. The van der Waals surface area contributed by atoms with Gasteiger partial charge in [0.25, 0.3) is 0 Å². The summed E-state index contributed by atoms with van der Waals surface area (Å²) < 4.78 is 0. The third kappa shape index (κ3) is 5.48. The van der Waals surface area contributed by atoms with Gasteiger partial charge in [-0.25, -0.2) is 0 Å². The molecule has 0 aromatic heterocycles. The predicted octanol–water partition coefficient (Wildman–Crippen LogP) is 1.08. The van der Waals surface area contributed by atoms with Crippen LogP contribution in [-0.4, -0.2) is 42.4 Å². The highest BCUT2D eigenvalue weighted by atomic mass is 16.2. The van der Waals surface area contributed by atoms with E-state index in [2.05, 4.69) is 5.32 Å². The minimum absolute atomic E-state index is 0.0574. The SMILES string of the molecule is NC1CCN(C(=O)CCC(=O)NCCc2ccccc2)CC1. The lowest BCUT2D eigenvalue weighted by molar-refractivity contribution is -0.134. The first-order chi connectivity index (χ1) is 10.6. The molecule has 0 atom stereocenters. The summed E-state index contributed by atoms with van der Waals surface area (Å²) in [4.78, 5) is 25.6. The maximum absolute atomic E-state index is 12.0. The lowest BCUT2D eigenvalue weighted by Crippen LogP contribution is -2.43. The Labute approximate surface area is 131 Å². The molecular formula is C17H25N3O2. The summed E-state index contributed by atoms with van der Waals surface area (Å²) in [6, 6.07) is 10.2. The molecule has 120 valence electrons. The Kier molecular flexibility index (Phi) is 6.40. The minimum atomic E-state index is -0.0574. The van der Waals surface area contributed by atoms with Gasteiger partial charge in [-0.1, -0.05) is 30.3 Å². The second-order valence-corrected chi connectivity index (χ2v) is 5.80. The summed E-state index contributed by atoms with van der Waals surface area (Å²) in [5.41, 5.74) is 7.02. The number of piperidine rings is 1. The van der Waals surface area contributed by atoms with Crippen LogP contribution in [0.4, 0.5) is 0 Å². The Morgan fingerprint density at radius 1 is 1.14 bits per heavy atom. The van der Waals surface area contributed by atoms with E-state index in [1.54, 1.807) is 0 Å². The normalized spacial score (nSPS) is 15.6. The summed E-state index contributed by atoms with van der Waals surface area (Å²) >= 11 is 0. The Hall–Kier alpha value is -1.88. The van der Waals surface area contributed by atoms with E-state index in [0.29, 0.717) is 6.54 Å². The zero-order chi connectivity index (χ0) is 15.8. The monoisotopic (exact) mass is 303 g/mol. The zero-order valence-electron chi connectivity index (χ0n) is 13.0. The quantitative estimate of drug-likeness (QED) is 0.825. The molecular weight excluding hydrogens is 278 g/mol. The molecule has 2 amide bonds. The molecule has 0 unspecified atom stereocenters. The van der Waals surface area contributed by atoms with Crippen molar-refractivity contribution in [2.24, 2.45) is 5.73 Å². The van der Waals surface area contributed by atoms with Gasteiger partial charge in [0.2, 0.25) is 11.8 Å². The number of nitrogens with one attached hydrogen (secondary N) is 1. The molecule has 1 heterocycles. The largest absolute Gasteiger partial charge is 0.356 e. The Morgan fingerprint density at radius 3 is 2.50 bits per heavy atom. The minimum Gasteiger partial charge on any atom is -0.356 e. The number of hydrogen-bond donors (Lipinski definition) is 2. The van der Waals surface area contributed by atoms with Crippen molar-refractivity contribution in [2.75, 3.05) is 19.6 Å². The van der Waals surface area contributed by atoms with E-state index in [9.17, 15) is 9.59 Å². The Balaban J connectivity index is 1.60. The van der Waals surface area contributed by atoms with Crippen LogP contribution in [0.25, 0.3) is 0 Å². The molecule has 1 aromatic rings. The van der Waals surface area contributed by atoms with Gasteiger partial charge >= 0.3 is 0 Å². The van der Waals surface area contributed by atoms with Crippen LogP contribution < -0.4 is 11.1 Å². The molecule has 3 N–H and O–H groups in total. The van der Waals surface area contributed by atoms with Crippen LogP contribution >= 0.6 is 0 Å². The number of hydrogen-bond acceptors (Lipinski definition) is 3. The van der Waals surface area contributed by atoms with E-state index in [0.717, 1.165) is 32.4 Å². The molecule has 0 radical (unpaired) electrons. The van der Waals surface area contributed by atoms with Crippen molar-refractivity contribution in [3.8, 4) is 0 Å². The molecule has 22 heavy (non-hydrogen) atoms. The van der Waals surface area contributed by atoms with Crippen molar-refractivity contribution in [2.45, 2.75) is 38.1 Å². The summed E-state index contributed by atoms with van der Waals surface area (Å²) in [7, 11) is 0. The molecule has 1 aliphatic heterocycles. The van der Waals surface area contributed by atoms with E-state index in [4.69, 9.17) is 5.73 Å². The molecule has 5 nitrogen and oxygen atoms in total. The topological polar surface area (TPSA) is 75.4 Å². The van der Waals surface area contributed by atoms with E-state index >= 15 is 0 Å². The van der Waals surface area contributed by atoms with Crippen molar-refractivity contribution < 1.29 is 9.59 Å². The van der Waals surface area contributed by atoms with Gasteiger partial charge in [0.1, 0.15) is 0 Å². The first-order valence-electron chi connectivity index (χ1n) is 7.99. The van der Waals surface area contributed by atoms with Crippen LogP contribution in [0.15, 0.2) is 30.3 Å². The fourth-order valence-corrected chi connectivity index (χ4v) is 2.61. The van der Waals surface area contributed by atoms with E-state index in [-0.39, 0.29) is 30.7 Å². The fourth-order valence-electron chi connectivity index (χ4n) is 2.61. The lowest BCUT2D eigenvalue weighted by atomic mass is 10.1. The molecule has 1 aromatic carbocycles. The molecule has 2 rings (SSSR count). The lowest BCUT2D eigenvalue weighted by Gasteiger charge is -2.30. The number of likely N-dealkylation sites (tertiary alicyclic amines) is 1. The average molecular weight is 303 g/mol. The summed E-state index contributed by atoms with van der Waals surface area (Å²) in [5, 5.41) is 2.87. The van der Waals surface area contributed by atoms with Gasteiger partial charge in [-0.2, -0.15) is 0 Å². The van der Waals surface area contributed by atoms with Crippen LogP contribution in [0.5, 0.6) is 0 Å². The number of benzene rings is 1. The van der Waals surface area contributed by atoms with Crippen molar-refractivity contribution in [1.82, 2.24) is 10.2 Å². The fraction of sp³-hybridized carbons (Fsp3) is 0.529. The maximum Gasteiger partial charge on any atom is 0.223 e. The van der Waals surface area contributed by atoms with Gasteiger partial charge in [0, 0.05) is 38.5 Å². The first kappa shape index (κ1) is 16.5. The van der Waals surface area contributed by atoms with Crippen molar-refractivity contribution in [1.29, 1.82) is 0 Å². The Morgan fingerprint density at radius 2 is 1.82 bits per heavy atom. The van der Waals surface area contributed by atoms with Gasteiger partial charge < -0.3 is 16.0 Å². The van der Waals surface area contributed by atoms with Gasteiger partial charge in [0.15, 0.2) is 0 Å². The van der Waals surface area contributed by atoms with E-state index < -0.39 is 0 Å². The maximum atomic E-state index is 12.0. The standard InChI is InChI=1S/C17H25N3O2/c18-15-9-12-20(13-10-15)17(22)7-6-16(21)19-11-8-14-4-2-1-3-5-14/h1-5,15H,6-13,18H2,(H,19,21). The highest BCUT2D eigenvalue weighted by molar-refractivity contribution is 5.83. The second kappa shape index (κ2) is 8.54. The highest BCUT2D eigenvalue weighted by Crippen LogP contribution is 2.10. The highest BCUT2D eigenvalue weighted by Gasteiger charge is 2.20. The van der Waals surface area contributed by atoms with Gasteiger partial charge in [-0.3, -0.25) is 9.59 Å². The third-order valence-corrected chi connectivity index (χ3v) is 4.04. The van der Waals surface area contributed by atoms with Crippen LogP contribution in [0, 0.1) is 0 Å². The van der Waals surface area contributed by atoms with E-state index in [1.165, 1.54) is 5.56 Å². The number of nitrogens with zero attached hydrogens (tertiary/aromatic N) is 1. The molecule has 0 bridgehead atoms. The Bertz CT molecular complexity index is 482. The number of nitrogens with two attached hydrogens (primary N) is 1. The number of rotatable bonds is 6. The number of carbonyl (C=O) groups excluding carboxylic acids is 2. The molecule has 1 aliphatic rings. The van der Waals surface area contributed by atoms with E-state index in [1.807, 2.05) is 35.2 Å².